The minimum absolute atomic E-state index is 0. The Morgan fingerprint density at radius 3 is 1.71 bits per heavy atom. The molecule has 1 N–H and O–H groups in total. The van der Waals surface area contributed by atoms with Gasteiger partial charge in [0, 0.05) is 17.1 Å². The summed E-state index contributed by atoms with van der Waals surface area (Å²) in [6.45, 7) is 2.50. The van der Waals surface area contributed by atoms with Crippen molar-refractivity contribution in [2.24, 2.45) is 0 Å². The molecule has 0 aliphatic carbocycles. The van der Waals surface area contributed by atoms with E-state index in [4.69, 9.17) is 0 Å². The van der Waals surface area contributed by atoms with Crippen molar-refractivity contribution in [3.05, 3.63) is 0 Å². The maximum Gasteiger partial charge on any atom is 1.00 e. The molecule has 1 aliphatic rings. The molecule has 0 saturated carbocycles. The Labute approximate surface area is 99.4 Å². The molecule has 1 fully saturated rings. The number of hydrogen-bond acceptors (Lipinski definition) is 1. The molecule has 0 amide bonds. The summed E-state index contributed by atoms with van der Waals surface area (Å²) in [5.41, 5.74) is 0. The fourth-order valence-corrected chi connectivity index (χ4v) is 0.625. The second-order valence-corrected chi connectivity index (χ2v) is 1.46. The largest absolute Gasteiger partial charge is 1.00 e. The van der Waals surface area contributed by atoms with Gasteiger partial charge in [0.15, 0.2) is 0 Å². The monoisotopic (exact) mass is 174 g/mol. The smallest absolute Gasteiger partial charge is 1.00 e. The van der Waals surface area contributed by atoms with E-state index in [1.54, 1.807) is 0 Å². The third-order valence-corrected chi connectivity index (χ3v) is 0.957. The van der Waals surface area contributed by atoms with Crippen LogP contribution in [-0.2, 0) is 17.1 Å². The Morgan fingerprint density at radius 1 is 1.14 bits per heavy atom. The first-order valence-electron chi connectivity index (χ1n) is 2.21. The normalized spacial score (nSPS) is 17.1. The molecule has 1 aliphatic heterocycles. The zero-order valence-electron chi connectivity index (χ0n) is 5.63. The molecule has 0 spiro atoms. The standard InChI is InChI=1S/C4H9N.Cu.K.H/c1-2-4-5-3-1;;;/h5H,1-4H2;;;/q;;+1;-1. The van der Waals surface area contributed by atoms with Crippen LogP contribution in [-0.4, -0.2) is 13.1 Å². The van der Waals surface area contributed by atoms with Crippen LogP contribution in [0.5, 0.6) is 0 Å². The van der Waals surface area contributed by atoms with Crippen LogP contribution in [0.2, 0.25) is 0 Å². The van der Waals surface area contributed by atoms with Crippen molar-refractivity contribution in [3.8, 4) is 0 Å². The van der Waals surface area contributed by atoms with Gasteiger partial charge < -0.3 is 6.74 Å². The number of hydrogen-bond donors (Lipinski definition) is 1. The molecule has 1 rings (SSSR count). The maximum absolute atomic E-state index is 3.22. The van der Waals surface area contributed by atoms with Gasteiger partial charge in [-0.25, -0.2) is 0 Å². The van der Waals surface area contributed by atoms with E-state index in [-0.39, 0.29) is 69.9 Å². The van der Waals surface area contributed by atoms with Crippen molar-refractivity contribution >= 4 is 0 Å². The fraction of sp³-hybridized carbons (Fsp3) is 1.00. The summed E-state index contributed by atoms with van der Waals surface area (Å²) in [7, 11) is 0. The van der Waals surface area contributed by atoms with Crippen molar-refractivity contribution in [1.82, 2.24) is 5.32 Å². The van der Waals surface area contributed by atoms with Gasteiger partial charge in [-0.2, -0.15) is 0 Å². The summed E-state index contributed by atoms with van der Waals surface area (Å²) in [6, 6.07) is 0. The average molecular weight is 175 g/mol. The van der Waals surface area contributed by atoms with Gasteiger partial charge in [0.25, 0.3) is 0 Å². The summed E-state index contributed by atoms with van der Waals surface area (Å²) in [5, 5.41) is 3.22. The molecule has 7 heavy (non-hydrogen) atoms. The molecule has 0 aromatic rings. The summed E-state index contributed by atoms with van der Waals surface area (Å²) in [4.78, 5) is 0. The van der Waals surface area contributed by atoms with Crippen molar-refractivity contribution in [1.29, 1.82) is 0 Å². The Kier molecular flexibility index (Phi) is 13.7. The van der Waals surface area contributed by atoms with Gasteiger partial charge in [-0.3, -0.25) is 0 Å². The van der Waals surface area contributed by atoms with Crippen LogP contribution < -0.4 is 56.7 Å². The van der Waals surface area contributed by atoms with Crippen LogP contribution in [0.15, 0.2) is 0 Å². The van der Waals surface area contributed by atoms with E-state index in [9.17, 15) is 0 Å². The fourth-order valence-electron chi connectivity index (χ4n) is 0.625. The first-order valence-corrected chi connectivity index (χ1v) is 2.21. The molecule has 1 radical (unpaired) electrons. The Hall–Kier alpha value is 2.12. The predicted molar refractivity (Wildman–Crippen MR) is 23.2 cm³/mol. The molecule has 0 atom stereocenters. The van der Waals surface area contributed by atoms with Crippen molar-refractivity contribution < 1.29 is 69.9 Å². The average Bonchev–Trinajstić information content (AvgIpc) is 1.76. The number of rotatable bonds is 0. The van der Waals surface area contributed by atoms with E-state index < -0.39 is 0 Å². The SMILES string of the molecule is C1CCNC1.[Cu].[H-].[K+]. The molecule has 3 heteroatoms. The van der Waals surface area contributed by atoms with Crippen LogP contribution in [0.3, 0.4) is 0 Å². The predicted octanol–water partition coefficient (Wildman–Crippen LogP) is -2.52. The van der Waals surface area contributed by atoms with Crippen molar-refractivity contribution in [2.75, 3.05) is 13.1 Å². The molecular weight excluding hydrogens is 165 g/mol. The van der Waals surface area contributed by atoms with Gasteiger partial charge in [-0.05, 0) is 25.9 Å². The van der Waals surface area contributed by atoms with Gasteiger partial charge in [-0.15, -0.1) is 0 Å². The molecule has 0 bridgehead atoms. The van der Waals surface area contributed by atoms with E-state index in [2.05, 4.69) is 5.32 Å². The van der Waals surface area contributed by atoms with Crippen molar-refractivity contribution in [3.63, 3.8) is 0 Å². The van der Waals surface area contributed by atoms with E-state index in [1.807, 2.05) is 0 Å². The van der Waals surface area contributed by atoms with E-state index in [1.165, 1.54) is 25.9 Å². The summed E-state index contributed by atoms with van der Waals surface area (Å²) < 4.78 is 0. The molecular formula is C4H10CuKN. The van der Waals surface area contributed by atoms with Crippen LogP contribution in [0.1, 0.15) is 14.3 Å². The summed E-state index contributed by atoms with van der Waals surface area (Å²) >= 11 is 0. The molecule has 1 heterocycles. The minimum Gasteiger partial charge on any atom is -1.00 e. The molecule has 43 valence electrons. The summed E-state index contributed by atoms with van der Waals surface area (Å²) in [5.74, 6) is 0. The molecule has 1 nitrogen and oxygen atoms in total. The zero-order chi connectivity index (χ0) is 3.54. The van der Waals surface area contributed by atoms with Crippen LogP contribution in [0.25, 0.3) is 0 Å². The zero-order valence-corrected chi connectivity index (χ0v) is 8.69. The van der Waals surface area contributed by atoms with Crippen molar-refractivity contribution in [2.45, 2.75) is 12.8 Å². The van der Waals surface area contributed by atoms with E-state index in [0.29, 0.717) is 0 Å². The first kappa shape index (κ1) is 11.9. The summed E-state index contributed by atoms with van der Waals surface area (Å²) in [6.07, 6.45) is 2.78. The van der Waals surface area contributed by atoms with Gasteiger partial charge >= 0.3 is 51.4 Å². The Morgan fingerprint density at radius 2 is 1.57 bits per heavy atom. The third-order valence-electron chi connectivity index (χ3n) is 0.957. The Balaban J connectivity index is -0.0000000833. The van der Waals surface area contributed by atoms with Crippen LogP contribution >= 0.6 is 0 Å². The van der Waals surface area contributed by atoms with Crippen LogP contribution in [0, 0.1) is 0 Å². The van der Waals surface area contributed by atoms with Gasteiger partial charge in [0.1, 0.15) is 0 Å². The van der Waals surface area contributed by atoms with Gasteiger partial charge in [0.05, 0.1) is 0 Å². The van der Waals surface area contributed by atoms with E-state index in [0.717, 1.165) is 0 Å². The molecule has 0 aromatic heterocycles. The van der Waals surface area contributed by atoms with Gasteiger partial charge in [0.2, 0.25) is 0 Å². The second-order valence-electron chi connectivity index (χ2n) is 1.46. The second kappa shape index (κ2) is 8.12. The minimum atomic E-state index is 0. The molecule has 1 saturated heterocycles. The third kappa shape index (κ3) is 6.00. The maximum atomic E-state index is 3.22. The van der Waals surface area contributed by atoms with E-state index >= 15 is 0 Å². The topological polar surface area (TPSA) is 12.0 Å². The quantitative estimate of drug-likeness (QED) is 0.400. The molecule has 0 unspecified atom stereocenters. The van der Waals surface area contributed by atoms with Gasteiger partial charge in [-0.1, -0.05) is 0 Å². The van der Waals surface area contributed by atoms with Crippen LogP contribution in [0.4, 0.5) is 0 Å². The molecule has 0 aromatic carbocycles. The Bertz CT molecular complexity index is 27.6. The number of nitrogens with one attached hydrogen (secondary N) is 1. The first-order chi connectivity index (χ1) is 2.50.